The molecule has 11 heavy (non-hydrogen) atoms. The summed E-state index contributed by atoms with van der Waals surface area (Å²) in [6, 6.07) is 6.73. The zero-order valence-electron chi connectivity index (χ0n) is 5.59. The molecular weight excluding hydrogens is 165 g/mol. The molecule has 2 aromatic rings. The molecule has 0 radical (unpaired) electrons. The molecule has 56 valence electrons. The van der Waals surface area contributed by atoms with Crippen LogP contribution in [0.2, 0.25) is 5.02 Å². The van der Waals surface area contributed by atoms with E-state index >= 15 is 0 Å². The van der Waals surface area contributed by atoms with Gasteiger partial charge < -0.3 is 0 Å². The number of fused-ring (bicyclic) bond motifs is 1. The first-order valence-corrected chi connectivity index (χ1v) is 3.58. The molecule has 0 aliphatic rings. The van der Waals surface area contributed by atoms with E-state index in [2.05, 4.69) is 0 Å². The van der Waals surface area contributed by atoms with Gasteiger partial charge in [-0.15, -0.1) is 0 Å². The van der Waals surface area contributed by atoms with Crippen LogP contribution in [-0.4, -0.2) is 4.79 Å². The normalized spacial score (nSPS) is 10.7. The summed E-state index contributed by atoms with van der Waals surface area (Å²) in [6.45, 7) is 0. The van der Waals surface area contributed by atoms with E-state index in [1.807, 2.05) is 0 Å². The number of rotatable bonds is 0. The average Bonchev–Trinajstić information content (AvgIpc) is 2.32. The smallest absolute Gasteiger partial charge is 0.0813 e. The molecule has 1 aromatic heterocycles. The molecule has 0 aliphatic carbocycles. The standard InChI is InChI=1S/C8H5ClFN/c9-7-1-2-8-6(5-7)3-4-11(8)10/h1-5H. The van der Waals surface area contributed by atoms with Crippen molar-refractivity contribution in [1.29, 1.82) is 0 Å². The Kier molecular flexibility index (Phi) is 1.36. The highest BCUT2D eigenvalue weighted by Gasteiger charge is 1.98. The van der Waals surface area contributed by atoms with Crippen molar-refractivity contribution >= 4 is 22.5 Å². The molecule has 0 unspecified atom stereocenters. The van der Waals surface area contributed by atoms with Crippen LogP contribution in [-0.2, 0) is 0 Å². The number of aromatic nitrogens is 1. The SMILES string of the molecule is Fn1ccc2cc(Cl)ccc21. The van der Waals surface area contributed by atoms with Crippen molar-refractivity contribution in [1.82, 2.24) is 4.79 Å². The van der Waals surface area contributed by atoms with E-state index in [0.29, 0.717) is 15.3 Å². The predicted molar refractivity (Wildman–Crippen MR) is 43.5 cm³/mol. The van der Waals surface area contributed by atoms with Gasteiger partial charge in [0.25, 0.3) is 0 Å². The molecule has 0 amide bonds. The summed E-state index contributed by atoms with van der Waals surface area (Å²) >= 11 is 5.70. The molecular formula is C8H5ClFN. The maximum Gasteiger partial charge on any atom is 0.0813 e. The highest BCUT2D eigenvalue weighted by atomic mass is 35.5. The van der Waals surface area contributed by atoms with Crippen LogP contribution < -0.4 is 0 Å². The summed E-state index contributed by atoms with van der Waals surface area (Å²) < 4.78 is 12.8. The first-order chi connectivity index (χ1) is 5.27. The monoisotopic (exact) mass is 169 g/mol. The Hall–Kier alpha value is -1.02. The van der Waals surface area contributed by atoms with Crippen LogP contribution in [0.25, 0.3) is 10.9 Å². The van der Waals surface area contributed by atoms with Gasteiger partial charge in [-0.2, -0.15) is 4.79 Å². The molecule has 2 rings (SSSR count). The minimum atomic E-state index is 0.550. The van der Waals surface area contributed by atoms with Crippen LogP contribution in [0.4, 0.5) is 4.48 Å². The fourth-order valence-corrected chi connectivity index (χ4v) is 1.26. The van der Waals surface area contributed by atoms with Crippen LogP contribution >= 0.6 is 11.6 Å². The van der Waals surface area contributed by atoms with Crippen molar-refractivity contribution in [2.24, 2.45) is 0 Å². The second-order valence-electron chi connectivity index (χ2n) is 2.33. The Bertz CT molecular complexity index is 394. The predicted octanol–water partition coefficient (Wildman–Crippen LogP) is 3.03. The number of hydrogen-bond acceptors (Lipinski definition) is 0. The summed E-state index contributed by atoms with van der Waals surface area (Å²) in [6.07, 6.45) is 1.36. The summed E-state index contributed by atoms with van der Waals surface area (Å²) in [5.41, 5.74) is 0.550. The number of hydrogen-bond donors (Lipinski definition) is 0. The summed E-state index contributed by atoms with van der Waals surface area (Å²) in [5, 5.41) is 1.45. The van der Waals surface area contributed by atoms with E-state index < -0.39 is 0 Å². The van der Waals surface area contributed by atoms with Crippen LogP contribution in [0.5, 0.6) is 0 Å². The van der Waals surface area contributed by atoms with Gasteiger partial charge in [0.15, 0.2) is 0 Å². The van der Waals surface area contributed by atoms with Gasteiger partial charge in [-0.25, -0.2) is 0 Å². The van der Waals surface area contributed by atoms with Gasteiger partial charge in [-0.05, 0) is 24.3 Å². The summed E-state index contributed by atoms with van der Waals surface area (Å²) in [4.78, 5) is 0.575. The zero-order valence-corrected chi connectivity index (χ0v) is 6.35. The fourth-order valence-electron chi connectivity index (χ4n) is 1.08. The third-order valence-corrected chi connectivity index (χ3v) is 1.84. The first-order valence-electron chi connectivity index (χ1n) is 3.20. The van der Waals surface area contributed by atoms with E-state index in [4.69, 9.17) is 11.6 Å². The topological polar surface area (TPSA) is 4.93 Å². The van der Waals surface area contributed by atoms with Crippen molar-refractivity contribution in [2.45, 2.75) is 0 Å². The lowest BCUT2D eigenvalue weighted by molar-refractivity contribution is 0.388. The Morgan fingerprint density at radius 2 is 2.09 bits per heavy atom. The molecule has 1 heterocycles. The van der Waals surface area contributed by atoms with Crippen molar-refractivity contribution < 1.29 is 4.48 Å². The quantitative estimate of drug-likeness (QED) is 0.571. The zero-order chi connectivity index (χ0) is 7.84. The molecule has 1 nitrogen and oxygen atoms in total. The van der Waals surface area contributed by atoms with Crippen LogP contribution in [0, 0.1) is 0 Å². The van der Waals surface area contributed by atoms with E-state index in [1.165, 1.54) is 6.20 Å². The minimum absolute atomic E-state index is 0.550. The fraction of sp³-hybridized carbons (Fsp3) is 0. The van der Waals surface area contributed by atoms with Crippen molar-refractivity contribution in [3.05, 3.63) is 35.5 Å². The molecule has 0 aliphatic heterocycles. The molecule has 0 bridgehead atoms. The van der Waals surface area contributed by atoms with Gasteiger partial charge in [0, 0.05) is 16.6 Å². The van der Waals surface area contributed by atoms with Gasteiger partial charge in [-0.3, -0.25) is 0 Å². The molecule has 0 spiro atoms. The molecule has 1 aromatic carbocycles. The van der Waals surface area contributed by atoms with Crippen molar-refractivity contribution in [3.8, 4) is 0 Å². The molecule has 0 saturated heterocycles. The largest absolute Gasteiger partial charge is 0.186 e. The highest BCUT2D eigenvalue weighted by molar-refractivity contribution is 6.31. The van der Waals surface area contributed by atoms with Crippen LogP contribution in [0.3, 0.4) is 0 Å². The summed E-state index contributed by atoms with van der Waals surface area (Å²) in [5.74, 6) is 0. The van der Waals surface area contributed by atoms with Gasteiger partial charge in [0.05, 0.1) is 5.52 Å². The lowest BCUT2D eigenvalue weighted by Gasteiger charge is -1.91. The third kappa shape index (κ3) is 0.994. The Labute approximate surface area is 67.9 Å². The van der Waals surface area contributed by atoms with E-state index in [0.717, 1.165) is 5.39 Å². The Morgan fingerprint density at radius 1 is 1.27 bits per heavy atom. The minimum Gasteiger partial charge on any atom is -0.186 e. The maximum atomic E-state index is 12.8. The summed E-state index contributed by atoms with van der Waals surface area (Å²) in [7, 11) is 0. The Balaban J connectivity index is 2.86. The Morgan fingerprint density at radius 3 is 2.91 bits per heavy atom. The average molecular weight is 170 g/mol. The third-order valence-electron chi connectivity index (χ3n) is 1.60. The number of benzene rings is 1. The molecule has 0 fully saturated rings. The van der Waals surface area contributed by atoms with E-state index in [1.54, 1.807) is 24.3 Å². The van der Waals surface area contributed by atoms with Gasteiger partial charge in [-0.1, -0.05) is 16.1 Å². The lowest BCUT2D eigenvalue weighted by Crippen LogP contribution is -1.75. The van der Waals surface area contributed by atoms with E-state index in [-0.39, 0.29) is 0 Å². The van der Waals surface area contributed by atoms with Gasteiger partial charge in [0.1, 0.15) is 0 Å². The van der Waals surface area contributed by atoms with Gasteiger partial charge >= 0.3 is 0 Å². The van der Waals surface area contributed by atoms with Crippen molar-refractivity contribution in [3.63, 3.8) is 0 Å². The molecule has 3 heteroatoms. The highest BCUT2D eigenvalue weighted by Crippen LogP contribution is 2.19. The maximum absolute atomic E-state index is 12.8. The second kappa shape index (κ2) is 2.24. The molecule has 0 N–H and O–H groups in total. The lowest BCUT2D eigenvalue weighted by atomic mass is 10.2. The van der Waals surface area contributed by atoms with Crippen LogP contribution in [0.15, 0.2) is 30.5 Å². The molecule has 0 saturated carbocycles. The van der Waals surface area contributed by atoms with Crippen LogP contribution in [0.1, 0.15) is 0 Å². The number of halogens is 2. The molecule has 0 atom stereocenters. The van der Waals surface area contributed by atoms with E-state index in [9.17, 15) is 4.48 Å². The second-order valence-corrected chi connectivity index (χ2v) is 2.77. The van der Waals surface area contributed by atoms with Crippen molar-refractivity contribution in [2.75, 3.05) is 0 Å². The van der Waals surface area contributed by atoms with Gasteiger partial charge in [0.2, 0.25) is 0 Å². The number of nitrogens with zero attached hydrogens (tertiary/aromatic N) is 1. The first kappa shape index (κ1) is 6.68.